The van der Waals surface area contributed by atoms with Gasteiger partial charge in [0.25, 0.3) is 0 Å². The maximum atomic E-state index is 10.6. The minimum Gasteiger partial charge on any atom is -0.375 e. The van der Waals surface area contributed by atoms with Gasteiger partial charge < -0.3 is 9.05 Å². The normalized spacial score (nSPS) is 12.1. The van der Waals surface area contributed by atoms with Crippen molar-refractivity contribution < 1.29 is 0 Å². The van der Waals surface area contributed by atoms with Gasteiger partial charge in [0.05, 0.1) is 23.7 Å². The summed E-state index contributed by atoms with van der Waals surface area (Å²) in [4.78, 5) is 3.74. The van der Waals surface area contributed by atoms with Crippen LogP contribution in [0.25, 0.3) is 65.3 Å². The highest BCUT2D eigenvalue weighted by molar-refractivity contribution is 6.89. The first kappa shape index (κ1) is 23.6. The predicted octanol–water partition coefficient (Wildman–Crippen LogP) is 7.95. The van der Waals surface area contributed by atoms with Crippen molar-refractivity contribution in [2.75, 3.05) is 0 Å². The molecule has 9 rings (SSSR count). The van der Waals surface area contributed by atoms with Crippen molar-refractivity contribution in [2.45, 2.75) is 0 Å². The van der Waals surface area contributed by atoms with Crippen LogP contribution in [0.3, 0.4) is 0 Å². The van der Waals surface area contributed by atoms with Gasteiger partial charge in [0.15, 0.2) is 5.69 Å². The van der Waals surface area contributed by atoms with Crippen LogP contribution >= 0.6 is 0 Å². The minimum absolute atomic E-state index is 0.251. The van der Waals surface area contributed by atoms with E-state index in [2.05, 4.69) is 123 Å². The third-order valence-electron chi connectivity index (χ3n) is 9.02. The Bertz CT molecular complexity index is 2540. The molecule has 4 nitrogen and oxygen atoms in total. The fourth-order valence-corrected chi connectivity index (χ4v) is 7.33. The van der Waals surface area contributed by atoms with E-state index in [1.807, 2.05) is 24.3 Å². The molecule has 0 spiro atoms. The first-order chi connectivity index (χ1) is 21.3. The predicted molar refractivity (Wildman–Crippen MR) is 177 cm³/mol. The van der Waals surface area contributed by atoms with Gasteiger partial charge in [0, 0.05) is 49.3 Å². The Labute approximate surface area is 248 Å². The van der Waals surface area contributed by atoms with Crippen LogP contribution in [0.1, 0.15) is 5.56 Å². The molecule has 0 aliphatic carbocycles. The molecule has 43 heavy (non-hydrogen) atoms. The van der Waals surface area contributed by atoms with E-state index in [1.165, 1.54) is 10.8 Å². The lowest BCUT2D eigenvalue weighted by Crippen LogP contribution is -2.54. The molecule has 0 atom stereocenters. The Balaban J connectivity index is 1.52. The minimum atomic E-state index is -0.251. The van der Waals surface area contributed by atoms with E-state index in [9.17, 15) is 5.26 Å². The zero-order chi connectivity index (χ0) is 28.7. The standard InChI is InChI=1S/C38H21BN4/c1-41-26-19-21-29-31-20-18-25(23-40)36-38(31)42(35(29)22-26)34-17-8-6-15-32(34)39(36)43-33-16-7-5-12-28(33)30-14-9-13-27(37(30)43)24-10-3-2-4-11-24/h2-22H. The van der Waals surface area contributed by atoms with E-state index in [4.69, 9.17) is 6.57 Å². The molecular weight excluding hydrogens is 523 g/mol. The lowest BCUT2D eigenvalue weighted by atomic mass is 9.47. The smallest absolute Gasteiger partial charge is 0.333 e. The quantitative estimate of drug-likeness (QED) is 0.161. The number of rotatable bonds is 2. The SMILES string of the molecule is [C-]#[N+]c1ccc2c3ccc(C#N)c4c3n(c2c1)-c1ccccc1B4n1c2ccccc2c2cccc(-c3ccccc3)c21. The molecule has 2 aromatic heterocycles. The second-order valence-electron chi connectivity index (χ2n) is 11.1. The average Bonchev–Trinajstić information content (AvgIpc) is 3.59. The van der Waals surface area contributed by atoms with Crippen LogP contribution in [0.15, 0.2) is 127 Å². The molecule has 0 fully saturated rings. The number of benzene rings is 6. The number of para-hydroxylation sites is 3. The molecule has 196 valence electrons. The van der Waals surface area contributed by atoms with Gasteiger partial charge in [-0.05, 0) is 40.8 Å². The second-order valence-corrected chi connectivity index (χ2v) is 11.1. The summed E-state index contributed by atoms with van der Waals surface area (Å²) in [5, 5.41) is 15.1. The monoisotopic (exact) mass is 544 g/mol. The summed E-state index contributed by atoms with van der Waals surface area (Å²) in [7, 11) is 0. The second kappa shape index (κ2) is 8.73. The molecule has 0 N–H and O–H groups in total. The molecule has 6 aromatic carbocycles. The van der Waals surface area contributed by atoms with E-state index in [0.717, 1.165) is 60.6 Å². The third kappa shape index (κ3) is 3.09. The van der Waals surface area contributed by atoms with Crippen LogP contribution in [0, 0.1) is 17.9 Å². The largest absolute Gasteiger partial charge is 0.375 e. The zero-order valence-corrected chi connectivity index (χ0v) is 23.0. The van der Waals surface area contributed by atoms with Crippen LogP contribution in [0.4, 0.5) is 5.69 Å². The summed E-state index contributed by atoms with van der Waals surface area (Å²) in [6.45, 7) is 7.44. The Morgan fingerprint density at radius 2 is 1.37 bits per heavy atom. The van der Waals surface area contributed by atoms with Gasteiger partial charge >= 0.3 is 6.85 Å². The number of aromatic nitrogens is 2. The van der Waals surface area contributed by atoms with Crippen molar-refractivity contribution in [3.05, 3.63) is 144 Å². The van der Waals surface area contributed by atoms with Crippen molar-refractivity contribution in [3.63, 3.8) is 0 Å². The van der Waals surface area contributed by atoms with Gasteiger partial charge in [-0.2, -0.15) is 5.26 Å². The van der Waals surface area contributed by atoms with Crippen molar-refractivity contribution in [1.82, 2.24) is 9.05 Å². The fraction of sp³-hybridized carbons (Fsp3) is 0. The van der Waals surface area contributed by atoms with Gasteiger partial charge in [-0.3, -0.25) is 0 Å². The maximum Gasteiger partial charge on any atom is 0.333 e. The molecule has 0 saturated carbocycles. The molecular formula is C38H21BN4. The van der Waals surface area contributed by atoms with E-state index >= 15 is 0 Å². The molecule has 5 heteroatoms. The van der Waals surface area contributed by atoms with Crippen LogP contribution in [0.5, 0.6) is 0 Å². The Morgan fingerprint density at radius 3 is 2.23 bits per heavy atom. The number of hydrogen-bond acceptors (Lipinski definition) is 1. The fourth-order valence-electron chi connectivity index (χ4n) is 7.33. The van der Waals surface area contributed by atoms with E-state index in [-0.39, 0.29) is 6.85 Å². The lowest BCUT2D eigenvalue weighted by molar-refractivity contribution is 1.18. The Hall–Kier alpha value is -6.04. The van der Waals surface area contributed by atoms with E-state index < -0.39 is 0 Å². The zero-order valence-electron chi connectivity index (χ0n) is 23.0. The van der Waals surface area contributed by atoms with Gasteiger partial charge in [-0.15, -0.1) is 0 Å². The number of nitrogens with zero attached hydrogens (tertiary/aromatic N) is 4. The summed E-state index contributed by atoms with van der Waals surface area (Å²) in [5.41, 5.74) is 11.0. The van der Waals surface area contributed by atoms with Crippen LogP contribution in [-0.4, -0.2) is 15.9 Å². The topological polar surface area (TPSA) is 38.0 Å². The molecule has 0 saturated heterocycles. The molecule has 3 heterocycles. The number of fused-ring (bicyclic) bond motifs is 8. The Kier molecular flexibility index (Phi) is 4.80. The van der Waals surface area contributed by atoms with Crippen molar-refractivity contribution in [1.29, 1.82) is 5.26 Å². The summed E-state index contributed by atoms with van der Waals surface area (Å²) in [5.74, 6) is 0. The van der Waals surface area contributed by atoms with Crippen molar-refractivity contribution in [3.8, 4) is 22.9 Å². The molecule has 0 radical (unpaired) electrons. The average molecular weight is 544 g/mol. The molecule has 0 bridgehead atoms. The summed E-state index contributed by atoms with van der Waals surface area (Å²) >= 11 is 0. The number of nitriles is 1. The van der Waals surface area contributed by atoms with Crippen molar-refractivity contribution >= 4 is 67.1 Å². The van der Waals surface area contributed by atoms with Gasteiger partial charge in [-0.1, -0.05) is 103 Å². The van der Waals surface area contributed by atoms with Crippen LogP contribution in [0.2, 0.25) is 0 Å². The summed E-state index contributed by atoms with van der Waals surface area (Å²) < 4.78 is 4.74. The third-order valence-corrected chi connectivity index (χ3v) is 9.02. The number of hydrogen-bond donors (Lipinski definition) is 0. The maximum absolute atomic E-state index is 10.6. The summed E-state index contributed by atoms with van der Waals surface area (Å²) in [6, 6.07) is 46.7. The highest BCUT2D eigenvalue weighted by atomic mass is 15.0. The van der Waals surface area contributed by atoms with E-state index in [1.54, 1.807) is 0 Å². The lowest BCUT2D eigenvalue weighted by Gasteiger charge is -2.29. The highest BCUT2D eigenvalue weighted by Gasteiger charge is 2.38. The summed E-state index contributed by atoms with van der Waals surface area (Å²) in [6.07, 6.45) is 0. The van der Waals surface area contributed by atoms with Gasteiger partial charge in [-0.25, -0.2) is 4.85 Å². The molecule has 0 unspecified atom stereocenters. The van der Waals surface area contributed by atoms with Crippen molar-refractivity contribution in [2.24, 2.45) is 0 Å². The van der Waals surface area contributed by atoms with E-state index in [0.29, 0.717) is 11.3 Å². The van der Waals surface area contributed by atoms with Crippen LogP contribution < -0.4 is 10.9 Å². The Morgan fingerprint density at radius 1 is 0.651 bits per heavy atom. The first-order valence-corrected chi connectivity index (χ1v) is 14.3. The van der Waals surface area contributed by atoms with Gasteiger partial charge in [0.1, 0.15) is 0 Å². The molecule has 0 amide bonds. The molecule has 1 aliphatic rings. The molecule has 8 aromatic rings. The molecule has 1 aliphatic heterocycles. The first-order valence-electron chi connectivity index (χ1n) is 14.3. The van der Waals surface area contributed by atoms with Crippen LogP contribution in [-0.2, 0) is 0 Å². The van der Waals surface area contributed by atoms with Gasteiger partial charge in [0.2, 0.25) is 0 Å². The highest BCUT2D eigenvalue weighted by Crippen LogP contribution is 2.40.